The minimum atomic E-state index is -2.28. The smallest absolute Gasteiger partial charge is 0.202 e. The van der Waals surface area contributed by atoms with Gasteiger partial charge in [0.1, 0.15) is 35.1 Å². The molecule has 12 heteroatoms. The molecular formula is C28H31NO11. The summed E-state index contributed by atoms with van der Waals surface area (Å²) in [5.41, 5.74) is 0.524. The molecule has 0 aromatic heterocycles. The molecule has 1 fully saturated rings. The van der Waals surface area contributed by atoms with E-state index in [1.54, 1.807) is 6.92 Å². The van der Waals surface area contributed by atoms with Crippen LogP contribution >= 0.6 is 0 Å². The van der Waals surface area contributed by atoms with Crippen molar-refractivity contribution in [3.05, 3.63) is 51.6 Å². The van der Waals surface area contributed by atoms with Gasteiger partial charge in [-0.05, 0) is 19.9 Å². The van der Waals surface area contributed by atoms with Gasteiger partial charge < -0.3 is 45.5 Å². The van der Waals surface area contributed by atoms with E-state index in [1.807, 2.05) is 0 Å². The standard InChI is InChI=1S/C28H31NO11/c1-11-22(32)14(29)7-17(39-11)40-27(2)10-28(37,16(31)9-30)8-13-21(27)26(36)20-19(24(13)34)23(33)12-5-4-6-15(38-3)18(12)25(20)35/h4-6,11,14,17,22,30,32,34,36-37H,7-10,29H2,1-3H3/t11-,14-,17-,22+,27?,28-/m0/s1. The summed E-state index contributed by atoms with van der Waals surface area (Å²) in [5.74, 6) is -3.82. The van der Waals surface area contributed by atoms with Crippen molar-refractivity contribution in [2.75, 3.05) is 13.7 Å². The van der Waals surface area contributed by atoms with Crippen LogP contribution in [0.3, 0.4) is 0 Å². The van der Waals surface area contributed by atoms with Gasteiger partial charge in [-0.15, -0.1) is 0 Å². The number of hydrogen-bond donors (Lipinski definition) is 6. The van der Waals surface area contributed by atoms with Crippen molar-refractivity contribution in [2.45, 2.75) is 68.9 Å². The Labute approximate surface area is 228 Å². The highest BCUT2D eigenvalue weighted by Crippen LogP contribution is 2.54. The van der Waals surface area contributed by atoms with E-state index < -0.39 is 95.2 Å². The number of Topliss-reactive ketones (excluding diaryl/α,β-unsaturated/α-hetero) is 1. The Kier molecular flexibility index (Phi) is 6.77. The number of rotatable bonds is 5. The molecule has 0 radical (unpaired) electrons. The Balaban J connectivity index is 1.73. The summed E-state index contributed by atoms with van der Waals surface area (Å²) in [6.07, 6.45) is -3.91. The van der Waals surface area contributed by atoms with Crippen LogP contribution in [0.15, 0.2) is 18.2 Å². The number of phenols is 2. The summed E-state index contributed by atoms with van der Waals surface area (Å²) >= 11 is 0. The lowest BCUT2D eigenvalue weighted by molar-refractivity contribution is -0.273. The van der Waals surface area contributed by atoms with Gasteiger partial charge in [0.2, 0.25) is 5.78 Å². The van der Waals surface area contributed by atoms with Gasteiger partial charge in [0, 0.05) is 42.0 Å². The number of carbonyl (C=O) groups excluding carboxylic acids is 3. The van der Waals surface area contributed by atoms with Crippen LogP contribution < -0.4 is 10.5 Å². The van der Waals surface area contributed by atoms with Crippen LogP contribution in [0.25, 0.3) is 0 Å². The number of benzene rings is 2. The molecule has 0 spiro atoms. The van der Waals surface area contributed by atoms with E-state index in [0.717, 1.165) is 0 Å². The Morgan fingerprint density at radius 3 is 2.45 bits per heavy atom. The zero-order valence-electron chi connectivity index (χ0n) is 22.1. The van der Waals surface area contributed by atoms with Crippen LogP contribution in [-0.2, 0) is 26.3 Å². The molecule has 2 aromatic rings. The summed E-state index contributed by atoms with van der Waals surface area (Å²) in [7, 11) is 1.32. The highest BCUT2D eigenvalue weighted by Gasteiger charge is 2.55. The number of ether oxygens (including phenoxy) is 3. The van der Waals surface area contributed by atoms with Crippen LogP contribution in [0.5, 0.6) is 17.2 Å². The number of nitrogens with two attached hydrogens (primary N) is 1. The van der Waals surface area contributed by atoms with Gasteiger partial charge in [0.25, 0.3) is 0 Å². The van der Waals surface area contributed by atoms with Gasteiger partial charge in [-0.1, -0.05) is 12.1 Å². The van der Waals surface area contributed by atoms with Gasteiger partial charge in [-0.2, -0.15) is 0 Å². The number of phenolic OH excluding ortho intramolecular Hbond substituents is 2. The van der Waals surface area contributed by atoms with E-state index in [9.17, 15) is 39.9 Å². The molecule has 0 saturated carbocycles. The van der Waals surface area contributed by atoms with Gasteiger partial charge in [0.05, 0.1) is 36.0 Å². The van der Waals surface area contributed by atoms with Crippen molar-refractivity contribution in [3.63, 3.8) is 0 Å². The van der Waals surface area contributed by atoms with Gasteiger partial charge in [-0.3, -0.25) is 14.4 Å². The molecule has 5 rings (SSSR count). The molecule has 3 aliphatic rings. The first-order valence-corrected chi connectivity index (χ1v) is 12.8. The van der Waals surface area contributed by atoms with E-state index in [1.165, 1.54) is 32.2 Å². The number of methoxy groups -OCH3 is 1. The Hall–Kier alpha value is -3.39. The Bertz CT molecular complexity index is 1430. The lowest BCUT2D eigenvalue weighted by Gasteiger charge is -2.47. The Morgan fingerprint density at radius 1 is 1.15 bits per heavy atom. The summed E-state index contributed by atoms with van der Waals surface area (Å²) in [6, 6.07) is 3.62. The van der Waals surface area contributed by atoms with E-state index in [0.29, 0.717) is 0 Å². The van der Waals surface area contributed by atoms with Gasteiger partial charge in [0.15, 0.2) is 17.9 Å². The van der Waals surface area contributed by atoms with Gasteiger partial charge >= 0.3 is 0 Å². The second kappa shape index (κ2) is 9.61. The molecule has 12 nitrogen and oxygen atoms in total. The fourth-order valence-electron chi connectivity index (χ4n) is 6.24. The van der Waals surface area contributed by atoms with E-state index in [-0.39, 0.29) is 34.4 Å². The molecule has 2 aliphatic carbocycles. The fraction of sp³-hybridized carbons (Fsp3) is 0.464. The summed E-state index contributed by atoms with van der Waals surface area (Å²) in [6.45, 7) is 1.97. The molecule has 1 unspecified atom stereocenters. The van der Waals surface area contributed by atoms with Crippen LogP contribution in [0.2, 0.25) is 0 Å². The lowest BCUT2D eigenvalue weighted by Crippen LogP contribution is -2.56. The van der Waals surface area contributed by atoms with Crippen molar-refractivity contribution in [1.29, 1.82) is 0 Å². The maximum absolute atomic E-state index is 13.7. The third-order valence-corrected chi connectivity index (χ3v) is 8.15. The number of aliphatic hydroxyl groups excluding tert-OH is 2. The molecule has 2 aromatic carbocycles. The number of fused-ring (bicyclic) bond motifs is 3. The summed E-state index contributed by atoms with van der Waals surface area (Å²) in [4.78, 5) is 40.1. The maximum Gasteiger partial charge on any atom is 0.202 e. The topological polar surface area (TPSA) is 206 Å². The van der Waals surface area contributed by atoms with Crippen molar-refractivity contribution >= 4 is 17.3 Å². The molecule has 0 bridgehead atoms. The minimum absolute atomic E-state index is 0.00246. The molecule has 1 aliphatic heterocycles. The highest BCUT2D eigenvalue weighted by atomic mass is 16.7. The predicted octanol–water partition coefficient (Wildman–Crippen LogP) is 0.175. The molecule has 1 saturated heterocycles. The quantitative estimate of drug-likeness (QED) is 0.232. The average molecular weight is 558 g/mol. The second-order valence-corrected chi connectivity index (χ2v) is 10.8. The number of ketones is 3. The van der Waals surface area contributed by atoms with Crippen molar-refractivity contribution in [1.82, 2.24) is 0 Å². The number of carbonyl (C=O) groups is 3. The van der Waals surface area contributed by atoms with Crippen LogP contribution in [0.4, 0.5) is 0 Å². The number of aromatic hydroxyl groups is 2. The molecule has 0 amide bonds. The largest absolute Gasteiger partial charge is 0.507 e. The third-order valence-electron chi connectivity index (χ3n) is 8.15. The van der Waals surface area contributed by atoms with Crippen LogP contribution in [0, 0.1) is 0 Å². The zero-order valence-corrected chi connectivity index (χ0v) is 22.1. The normalized spacial score (nSPS) is 31.3. The summed E-state index contributed by atoms with van der Waals surface area (Å²) < 4.78 is 17.3. The average Bonchev–Trinajstić information content (AvgIpc) is 2.90. The minimum Gasteiger partial charge on any atom is -0.507 e. The van der Waals surface area contributed by atoms with Crippen molar-refractivity contribution < 1.29 is 54.1 Å². The molecular weight excluding hydrogens is 526 g/mol. The van der Waals surface area contributed by atoms with Crippen LogP contribution in [0.1, 0.15) is 69.7 Å². The zero-order chi connectivity index (χ0) is 29.3. The number of aliphatic hydroxyl groups is 3. The maximum atomic E-state index is 13.7. The van der Waals surface area contributed by atoms with E-state index >= 15 is 0 Å². The van der Waals surface area contributed by atoms with Crippen molar-refractivity contribution in [2.24, 2.45) is 5.73 Å². The third kappa shape index (κ3) is 4.02. The van der Waals surface area contributed by atoms with E-state index in [2.05, 4.69) is 0 Å². The van der Waals surface area contributed by atoms with E-state index in [4.69, 9.17) is 19.9 Å². The van der Waals surface area contributed by atoms with Crippen molar-refractivity contribution in [3.8, 4) is 17.2 Å². The molecule has 7 N–H and O–H groups in total. The van der Waals surface area contributed by atoms with Gasteiger partial charge in [-0.25, -0.2) is 0 Å². The summed E-state index contributed by atoms with van der Waals surface area (Å²) in [5, 5.41) is 54.3. The molecule has 214 valence electrons. The molecule has 6 atom stereocenters. The lowest BCUT2D eigenvalue weighted by atomic mass is 9.67. The number of hydrogen-bond acceptors (Lipinski definition) is 12. The first-order valence-electron chi connectivity index (χ1n) is 12.8. The highest BCUT2D eigenvalue weighted by molar-refractivity contribution is 6.31. The molecule has 1 heterocycles. The SMILES string of the molecule is COc1cccc2c1C(=O)c1c(O)c3c(c(O)c1C2=O)C[C@@](O)(C(=O)CO)CC3(C)O[C@H]1C[C@H](N)[C@H](O)[C@H](C)O1. The second-order valence-electron chi connectivity index (χ2n) is 10.8. The Morgan fingerprint density at radius 2 is 1.82 bits per heavy atom. The predicted molar refractivity (Wildman–Crippen MR) is 136 cm³/mol. The van der Waals surface area contributed by atoms with Crippen LogP contribution in [-0.4, -0.2) is 86.7 Å². The monoisotopic (exact) mass is 557 g/mol. The fourth-order valence-corrected chi connectivity index (χ4v) is 6.24. The first kappa shape index (κ1) is 28.1. The first-order chi connectivity index (χ1) is 18.8. The molecule has 40 heavy (non-hydrogen) atoms.